The minimum Gasteiger partial charge on any atom is -0.460 e. The van der Waals surface area contributed by atoms with Crippen LogP contribution in [-0.4, -0.2) is 11.1 Å². The average Bonchev–Trinajstić information content (AvgIpc) is 3.09. The van der Waals surface area contributed by atoms with Crippen LogP contribution in [0.4, 0.5) is 4.39 Å². The summed E-state index contributed by atoms with van der Waals surface area (Å²) in [5.74, 6) is 1.19. The standard InChI is InChI=1S/C20H20FNO2/c1-14(20(23)16-5-3-2-4-6-16)22-13-18-11-12-19(24-18)15-7-9-17(21)10-8-15/h2-12,14,20,22-23H,13H2,1H3/t14-,20-/m1/s1. The topological polar surface area (TPSA) is 45.4 Å². The Morgan fingerprint density at radius 1 is 1.00 bits per heavy atom. The Bertz CT molecular complexity index is 768. The third-order valence-electron chi connectivity index (χ3n) is 4.00. The average molecular weight is 325 g/mol. The highest BCUT2D eigenvalue weighted by molar-refractivity contribution is 5.57. The van der Waals surface area contributed by atoms with Crippen LogP contribution in [-0.2, 0) is 6.54 Å². The van der Waals surface area contributed by atoms with Crippen LogP contribution >= 0.6 is 0 Å². The van der Waals surface area contributed by atoms with Crippen LogP contribution in [0.2, 0.25) is 0 Å². The van der Waals surface area contributed by atoms with Crippen molar-refractivity contribution in [3.63, 3.8) is 0 Å². The molecule has 1 aromatic heterocycles. The molecule has 0 aliphatic rings. The number of aliphatic hydroxyl groups is 1. The number of furan rings is 1. The second-order valence-corrected chi connectivity index (χ2v) is 5.80. The summed E-state index contributed by atoms with van der Waals surface area (Å²) in [6, 6.07) is 19.4. The van der Waals surface area contributed by atoms with E-state index in [0.717, 1.165) is 16.9 Å². The second kappa shape index (κ2) is 7.43. The second-order valence-electron chi connectivity index (χ2n) is 5.80. The highest BCUT2D eigenvalue weighted by Gasteiger charge is 2.16. The quantitative estimate of drug-likeness (QED) is 0.710. The molecule has 0 saturated heterocycles. The third kappa shape index (κ3) is 3.91. The first-order valence-electron chi connectivity index (χ1n) is 7.94. The predicted octanol–water partition coefficient (Wildman–Crippen LogP) is 4.30. The highest BCUT2D eigenvalue weighted by atomic mass is 19.1. The van der Waals surface area contributed by atoms with E-state index in [0.29, 0.717) is 12.3 Å². The molecular weight excluding hydrogens is 305 g/mol. The molecule has 1 heterocycles. The molecule has 2 N–H and O–H groups in total. The molecular formula is C20H20FNO2. The molecule has 24 heavy (non-hydrogen) atoms. The lowest BCUT2D eigenvalue weighted by atomic mass is 10.0. The molecule has 4 heteroatoms. The van der Waals surface area contributed by atoms with Crippen LogP contribution in [0, 0.1) is 5.82 Å². The fourth-order valence-corrected chi connectivity index (χ4v) is 2.55. The minimum absolute atomic E-state index is 0.119. The molecule has 0 radical (unpaired) electrons. The Balaban J connectivity index is 1.60. The van der Waals surface area contributed by atoms with Crippen LogP contribution in [0.15, 0.2) is 71.1 Å². The third-order valence-corrected chi connectivity index (χ3v) is 4.00. The van der Waals surface area contributed by atoms with E-state index in [4.69, 9.17) is 4.42 Å². The summed E-state index contributed by atoms with van der Waals surface area (Å²) >= 11 is 0. The molecule has 0 spiro atoms. The van der Waals surface area contributed by atoms with Gasteiger partial charge < -0.3 is 14.8 Å². The normalized spacial score (nSPS) is 13.6. The number of benzene rings is 2. The van der Waals surface area contributed by atoms with Gasteiger partial charge >= 0.3 is 0 Å². The van der Waals surface area contributed by atoms with Crippen LogP contribution in [0.25, 0.3) is 11.3 Å². The van der Waals surface area contributed by atoms with Crippen LogP contribution in [0.1, 0.15) is 24.4 Å². The Morgan fingerprint density at radius 3 is 2.42 bits per heavy atom. The van der Waals surface area contributed by atoms with Crippen LogP contribution < -0.4 is 5.32 Å². The maximum Gasteiger partial charge on any atom is 0.134 e. The van der Waals surface area contributed by atoms with Gasteiger partial charge in [0.2, 0.25) is 0 Å². The zero-order valence-electron chi connectivity index (χ0n) is 13.4. The van der Waals surface area contributed by atoms with Gasteiger partial charge in [0.05, 0.1) is 12.6 Å². The van der Waals surface area contributed by atoms with Gasteiger partial charge in [-0.15, -0.1) is 0 Å². The van der Waals surface area contributed by atoms with Crippen LogP contribution in [0.3, 0.4) is 0 Å². The molecule has 124 valence electrons. The van der Waals surface area contributed by atoms with Crippen molar-refractivity contribution >= 4 is 0 Å². The van der Waals surface area contributed by atoms with Gasteiger partial charge in [-0.2, -0.15) is 0 Å². The predicted molar refractivity (Wildman–Crippen MR) is 91.8 cm³/mol. The Kier molecular flexibility index (Phi) is 5.08. The van der Waals surface area contributed by atoms with Crippen LogP contribution in [0.5, 0.6) is 0 Å². The fraction of sp³-hybridized carbons (Fsp3) is 0.200. The van der Waals surface area contributed by atoms with Gasteiger partial charge in [-0.25, -0.2) is 4.39 Å². The van der Waals surface area contributed by atoms with Gasteiger partial charge in [0, 0.05) is 11.6 Å². The number of hydrogen-bond donors (Lipinski definition) is 2. The largest absolute Gasteiger partial charge is 0.460 e. The number of halogens is 1. The summed E-state index contributed by atoms with van der Waals surface area (Å²) in [5, 5.41) is 13.6. The number of rotatable bonds is 6. The Morgan fingerprint density at radius 2 is 1.71 bits per heavy atom. The molecule has 0 fully saturated rings. The van der Waals surface area contributed by atoms with Crippen molar-refractivity contribution in [2.45, 2.75) is 25.6 Å². The van der Waals surface area contributed by atoms with E-state index in [9.17, 15) is 9.50 Å². The van der Waals surface area contributed by atoms with E-state index in [2.05, 4.69) is 5.32 Å². The Hall–Kier alpha value is -2.43. The van der Waals surface area contributed by atoms with E-state index in [1.165, 1.54) is 12.1 Å². The van der Waals surface area contributed by atoms with E-state index >= 15 is 0 Å². The van der Waals surface area contributed by atoms with Crippen molar-refractivity contribution < 1.29 is 13.9 Å². The SMILES string of the molecule is C[C@@H](NCc1ccc(-c2ccc(F)cc2)o1)[C@@H](O)c1ccccc1. The summed E-state index contributed by atoms with van der Waals surface area (Å²) in [7, 11) is 0. The Labute approximate surface area is 140 Å². The molecule has 0 bridgehead atoms. The minimum atomic E-state index is -0.585. The van der Waals surface area contributed by atoms with Gasteiger partial charge in [-0.1, -0.05) is 30.3 Å². The summed E-state index contributed by atoms with van der Waals surface area (Å²) in [6.45, 7) is 2.44. The fourth-order valence-electron chi connectivity index (χ4n) is 2.55. The number of aliphatic hydroxyl groups excluding tert-OH is 1. The smallest absolute Gasteiger partial charge is 0.134 e. The molecule has 3 nitrogen and oxygen atoms in total. The van der Waals surface area contributed by atoms with Crippen molar-refractivity contribution in [2.75, 3.05) is 0 Å². The van der Waals surface area contributed by atoms with Crippen molar-refractivity contribution in [3.05, 3.63) is 83.9 Å². The molecule has 3 rings (SSSR count). The van der Waals surface area contributed by atoms with Gasteiger partial charge in [-0.3, -0.25) is 0 Å². The molecule has 0 unspecified atom stereocenters. The van der Waals surface area contributed by atoms with Crippen molar-refractivity contribution in [2.24, 2.45) is 0 Å². The molecule has 2 aromatic carbocycles. The molecule has 2 atom stereocenters. The number of hydrogen-bond acceptors (Lipinski definition) is 3. The van der Waals surface area contributed by atoms with E-state index in [-0.39, 0.29) is 11.9 Å². The lowest BCUT2D eigenvalue weighted by Gasteiger charge is -2.20. The summed E-state index contributed by atoms with van der Waals surface area (Å²) < 4.78 is 18.7. The molecule has 0 aliphatic heterocycles. The first-order chi connectivity index (χ1) is 11.6. The van der Waals surface area contributed by atoms with Gasteiger partial charge in [0.15, 0.2) is 0 Å². The summed E-state index contributed by atoms with van der Waals surface area (Å²) in [4.78, 5) is 0. The summed E-state index contributed by atoms with van der Waals surface area (Å²) in [5.41, 5.74) is 1.71. The van der Waals surface area contributed by atoms with Gasteiger partial charge in [0.25, 0.3) is 0 Å². The molecule has 3 aromatic rings. The lowest BCUT2D eigenvalue weighted by molar-refractivity contribution is 0.134. The van der Waals surface area contributed by atoms with Crippen molar-refractivity contribution in [1.29, 1.82) is 0 Å². The van der Waals surface area contributed by atoms with E-state index in [1.54, 1.807) is 12.1 Å². The molecule has 0 aliphatic carbocycles. The van der Waals surface area contributed by atoms with Crippen molar-refractivity contribution in [3.8, 4) is 11.3 Å². The zero-order chi connectivity index (χ0) is 16.9. The van der Waals surface area contributed by atoms with Gasteiger partial charge in [0.1, 0.15) is 17.3 Å². The first kappa shape index (κ1) is 16.4. The maximum atomic E-state index is 13.0. The van der Waals surface area contributed by atoms with E-state index in [1.807, 2.05) is 49.4 Å². The zero-order valence-corrected chi connectivity index (χ0v) is 13.4. The van der Waals surface area contributed by atoms with E-state index < -0.39 is 6.10 Å². The summed E-state index contributed by atoms with van der Waals surface area (Å²) in [6.07, 6.45) is -0.585. The van der Waals surface area contributed by atoms with Crippen molar-refractivity contribution in [1.82, 2.24) is 5.32 Å². The maximum absolute atomic E-state index is 13.0. The number of nitrogens with one attached hydrogen (secondary N) is 1. The monoisotopic (exact) mass is 325 g/mol. The first-order valence-corrected chi connectivity index (χ1v) is 7.94. The lowest BCUT2D eigenvalue weighted by Crippen LogP contribution is -2.31. The molecule has 0 amide bonds. The molecule has 0 saturated carbocycles. The van der Waals surface area contributed by atoms with Gasteiger partial charge in [-0.05, 0) is 48.9 Å². The highest BCUT2D eigenvalue weighted by Crippen LogP contribution is 2.23.